The van der Waals surface area contributed by atoms with Crippen molar-refractivity contribution < 1.29 is 9.26 Å². The number of nitriles is 1. The van der Waals surface area contributed by atoms with Gasteiger partial charge in [0.05, 0.1) is 35.0 Å². The highest BCUT2D eigenvalue weighted by Crippen LogP contribution is 2.33. The molecular weight excluding hydrogens is 366 g/mol. The zero-order valence-electron chi connectivity index (χ0n) is 14.7. The highest BCUT2D eigenvalue weighted by molar-refractivity contribution is 6.32. The van der Waals surface area contributed by atoms with Crippen molar-refractivity contribution in [2.75, 3.05) is 12.3 Å². The van der Waals surface area contributed by atoms with Gasteiger partial charge in [-0.1, -0.05) is 30.6 Å². The predicted octanol–water partition coefficient (Wildman–Crippen LogP) is 4.31. The third-order valence-corrected chi connectivity index (χ3v) is 4.44. The molecule has 0 unspecified atom stereocenters. The van der Waals surface area contributed by atoms with Crippen molar-refractivity contribution >= 4 is 39.3 Å². The highest BCUT2D eigenvalue weighted by atomic mass is 35.5. The van der Waals surface area contributed by atoms with Gasteiger partial charge in [-0.05, 0) is 18.1 Å². The van der Waals surface area contributed by atoms with Crippen LogP contribution in [0.5, 0.6) is 5.88 Å². The molecule has 7 nitrogen and oxygen atoms in total. The maximum Gasteiger partial charge on any atom is 0.232 e. The quantitative estimate of drug-likeness (QED) is 0.565. The first-order valence-electron chi connectivity index (χ1n) is 8.36. The van der Waals surface area contributed by atoms with E-state index in [4.69, 9.17) is 26.6 Å². The standard InChI is InChI=1S/C19H16ClN5O2/c1-10(2)9-26-19-15(20)3-12(7-23-19)25-8-11(6-21)13-4-14-17(5-16(13)25)27-24-18(14)22/h3-5,7-8,10H,9H2,1-2H3,(H2,22,24). The zero-order chi connectivity index (χ0) is 19.1. The smallest absolute Gasteiger partial charge is 0.232 e. The fraction of sp³-hybridized carbons (Fsp3) is 0.211. The van der Waals surface area contributed by atoms with Gasteiger partial charge in [0, 0.05) is 17.6 Å². The molecule has 136 valence electrons. The number of nitrogens with zero attached hydrogens (tertiary/aromatic N) is 4. The molecule has 3 heterocycles. The van der Waals surface area contributed by atoms with Crippen LogP contribution < -0.4 is 10.5 Å². The fourth-order valence-electron chi connectivity index (χ4n) is 2.88. The highest BCUT2D eigenvalue weighted by Gasteiger charge is 2.16. The lowest BCUT2D eigenvalue weighted by Gasteiger charge is -2.11. The number of nitrogen functional groups attached to an aromatic ring is 1. The number of nitrogens with two attached hydrogens (primary N) is 1. The van der Waals surface area contributed by atoms with Crippen molar-refractivity contribution in [3.05, 3.63) is 41.2 Å². The maximum absolute atomic E-state index is 9.51. The summed E-state index contributed by atoms with van der Waals surface area (Å²) < 4.78 is 12.7. The Morgan fingerprint density at radius 1 is 1.33 bits per heavy atom. The summed E-state index contributed by atoms with van der Waals surface area (Å²) in [4.78, 5) is 4.32. The average molecular weight is 382 g/mol. The van der Waals surface area contributed by atoms with Crippen LogP contribution in [0, 0.1) is 17.2 Å². The molecule has 8 heteroatoms. The SMILES string of the molecule is CC(C)COc1ncc(-n2cc(C#N)c3cc4c(N)noc4cc32)cc1Cl. The first-order chi connectivity index (χ1) is 13.0. The Labute approximate surface area is 159 Å². The molecular formula is C19H16ClN5O2. The Balaban J connectivity index is 1.85. The molecule has 0 fully saturated rings. The third kappa shape index (κ3) is 2.94. The average Bonchev–Trinajstić information content (AvgIpc) is 3.19. The largest absolute Gasteiger partial charge is 0.476 e. The molecule has 0 aliphatic carbocycles. The summed E-state index contributed by atoms with van der Waals surface area (Å²) in [5, 5.41) is 15.1. The first-order valence-corrected chi connectivity index (χ1v) is 8.74. The van der Waals surface area contributed by atoms with Crippen LogP contribution in [0.3, 0.4) is 0 Å². The Hall–Kier alpha value is -3.24. The number of hydrogen-bond acceptors (Lipinski definition) is 6. The lowest BCUT2D eigenvalue weighted by atomic mass is 10.1. The van der Waals surface area contributed by atoms with Crippen LogP contribution >= 0.6 is 11.6 Å². The van der Waals surface area contributed by atoms with E-state index in [9.17, 15) is 5.26 Å². The van der Waals surface area contributed by atoms with Crippen molar-refractivity contribution in [2.24, 2.45) is 5.92 Å². The first kappa shape index (κ1) is 17.2. The molecule has 0 atom stereocenters. The maximum atomic E-state index is 9.51. The third-order valence-electron chi connectivity index (χ3n) is 4.17. The minimum absolute atomic E-state index is 0.292. The molecule has 0 aliphatic rings. The molecule has 0 spiro atoms. The molecule has 0 bridgehead atoms. The zero-order valence-corrected chi connectivity index (χ0v) is 15.5. The van der Waals surface area contributed by atoms with Crippen LogP contribution in [0.15, 0.2) is 35.1 Å². The van der Waals surface area contributed by atoms with Gasteiger partial charge in [0.1, 0.15) is 11.1 Å². The Morgan fingerprint density at radius 3 is 2.85 bits per heavy atom. The van der Waals surface area contributed by atoms with E-state index in [2.05, 4.69) is 30.1 Å². The molecule has 4 aromatic rings. The second kappa shape index (κ2) is 6.49. The summed E-state index contributed by atoms with van der Waals surface area (Å²) in [5.74, 6) is 1.04. The van der Waals surface area contributed by atoms with Gasteiger partial charge >= 0.3 is 0 Å². The molecule has 2 N–H and O–H groups in total. The number of benzene rings is 1. The molecule has 0 saturated carbocycles. The number of ether oxygens (including phenoxy) is 1. The summed E-state index contributed by atoms with van der Waals surface area (Å²) in [6.07, 6.45) is 3.39. The molecule has 0 saturated heterocycles. The van der Waals surface area contributed by atoms with E-state index in [1.807, 2.05) is 4.57 Å². The number of anilines is 1. The van der Waals surface area contributed by atoms with Crippen LogP contribution in [0.1, 0.15) is 19.4 Å². The van der Waals surface area contributed by atoms with Crippen molar-refractivity contribution in [3.63, 3.8) is 0 Å². The number of aromatic nitrogens is 3. The van der Waals surface area contributed by atoms with E-state index in [-0.39, 0.29) is 0 Å². The Kier molecular flexibility index (Phi) is 4.13. The molecule has 3 aromatic heterocycles. The van der Waals surface area contributed by atoms with Crippen LogP contribution in [-0.4, -0.2) is 21.3 Å². The van der Waals surface area contributed by atoms with Gasteiger partial charge in [0.2, 0.25) is 5.88 Å². The monoisotopic (exact) mass is 381 g/mol. The van der Waals surface area contributed by atoms with Gasteiger partial charge in [-0.3, -0.25) is 0 Å². The minimum Gasteiger partial charge on any atom is -0.476 e. The van der Waals surface area contributed by atoms with Gasteiger partial charge in [0.25, 0.3) is 0 Å². The van der Waals surface area contributed by atoms with E-state index in [1.165, 1.54) is 0 Å². The lowest BCUT2D eigenvalue weighted by Crippen LogP contribution is -2.06. The molecule has 0 aliphatic heterocycles. The Bertz CT molecular complexity index is 1200. The van der Waals surface area contributed by atoms with E-state index < -0.39 is 0 Å². The molecule has 0 radical (unpaired) electrons. The number of halogens is 1. The van der Waals surface area contributed by atoms with E-state index in [0.29, 0.717) is 51.5 Å². The summed E-state index contributed by atoms with van der Waals surface area (Å²) in [6.45, 7) is 4.63. The predicted molar refractivity (Wildman–Crippen MR) is 103 cm³/mol. The summed E-state index contributed by atoms with van der Waals surface area (Å²) in [6, 6.07) is 7.56. The summed E-state index contributed by atoms with van der Waals surface area (Å²) >= 11 is 6.34. The van der Waals surface area contributed by atoms with Crippen LogP contribution in [-0.2, 0) is 0 Å². The molecule has 27 heavy (non-hydrogen) atoms. The Morgan fingerprint density at radius 2 is 2.15 bits per heavy atom. The number of pyridine rings is 1. The van der Waals surface area contributed by atoms with Gasteiger partial charge in [0.15, 0.2) is 11.4 Å². The lowest BCUT2D eigenvalue weighted by molar-refractivity contribution is 0.261. The molecule has 4 rings (SSSR count). The van der Waals surface area contributed by atoms with E-state index in [1.54, 1.807) is 30.6 Å². The van der Waals surface area contributed by atoms with Crippen molar-refractivity contribution in [1.29, 1.82) is 5.26 Å². The summed E-state index contributed by atoms with van der Waals surface area (Å²) in [7, 11) is 0. The topological polar surface area (TPSA) is 103 Å². The van der Waals surface area contributed by atoms with Gasteiger partial charge in [-0.2, -0.15) is 5.26 Å². The minimum atomic E-state index is 0.292. The van der Waals surface area contributed by atoms with E-state index >= 15 is 0 Å². The molecule has 0 amide bonds. The number of hydrogen-bond donors (Lipinski definition) is 1. The summed E-state index contributed by atoms with van der Waals surface area (Å²) in [5.41, 5.74) is 8.34. The number of rotatable bonds is 4. The fourth-order valence-corrected chi connectivity index (χ4v) is 3.09. The number of fused-ring (bicyclic) bond motifs is 2. The van der Waals surface area contributed by atoms with Crippen molar-refractivity contribution in [3.8, 4) is 17.6 Å². The van der Waals surface area contributed by atoms with Gasteiger partial charge in [-0.25, -0.2) is 4.98 Å². The van der Waals surface area contributed by atoms with Crippen molar-refractivity contribution in [1.82, 2.24) is 14.7 Å². The van der Waals surface area contributed by atoms with Crippen LogP contribution in [0.4, 0.5) is 5.82 Å². The van der Waals surface area contributed by atoms with Gasteiger partial charge < -0.3 is 19.6 Å². The normalized spacial score (nSPS) is 11.4. The second-order valence-corrected chi connectivity index (χ2v) is 7.05. The van der Waals surface area contributed by atoms with E-state index in [0.717, 1.165) is 10.9 Å². The van der Waals surface area contributed by atoms with Crippen molar-refractivity contribution in [2.45, 2.75) is 13.8 Å². The van der Waals surface area contributed by atoms with Crippen LogP contribution in [0.2, 0.25) is 5.02 Å². The second-order valence-electron chi connectivity index (χ2n) is 6.64. The molecule has 1 aromatic carbocycles. The van der Waals surface area contributed by atoms with Gasteiger partial charge in [-0.15, -0.1) is 0 Å². The van der Waals surface area contributed by atoms with Crippen LogP contribution in [0.25, 0.3) is 27.6 Å².